The van der Waals surface area contributed by atoms with Gasteiger partial charge in [-0.25, -0.2) is 0 Å². The van der Waals surface area contributed by atoms with Crippen LogP contribution in [0.15, 0.2) is 40.9 Å². The molecule has 0 radical (unpaired) electrons. The number of aromatic nitrogens is 1. The van der Waals surface area contributed by atoms with Gasteiger partial charge in [0.1, 0.15) is 0 Å². The Morgan fingerprint density at radius 2 is 2.38 bits per heavy atom. The Labute approximate surface area is 96.8 Å². The smallest absolute Gasteiger partial charge is 0.0564 e. The van der Waals surface area contributed by atoms with Crippen molar-refractivity contribution >= 4 is 6.21 Å². The van der Waals surface area contributed by atoms with Crippen LogP contribution in [0, 0.1) is 0 Å². The van der Waals surface area contributed by atoms with Crippen molar-refractivity contribution in [3.8, 4) is 0 Å². The van der Waals surface area contributed by atoms with E-state index in [1.807, 2.05) is 13.1 Å². The van der Waals surface area contributed by atoms with Gasteiger partial charge in [-0.1, -0.05) is 23.8 Å². The van der Waals surface area contributed by atoms with Gasteiger partial charge in [0.25, 0.3) is 0 Å². The number of aromatic amines is 1. The van der Waals surface area contributed by atoms with Gasteiger partial charge in [-0.3, -0.25) is 4.99 Å². The van der Waals surface area contributed by atoms with Crippen molar-refractivity contribution in [1.29, 1.82) is 0 Å². The van der Waals surface area contributed by atoms with Gasteiger partial charge in [-0.2, -0.15) is 0 Å². The molecule has 0 spiro atoms. The van der Waals surface area contributed by atoms with E-state index in [2.05, 4.69) is 47.3 Å². The maximum atomic E-state index is 4.23. The Hall–Kier alpha value is -1.57. The molecule has 0 fully saturated rings. The quantitative estimate of drug-likeness (QED) is 0.747. The highest BCUT2D eigenvalue weighted by Crippen LogP contribution is 2.26. The van der Waals surface area contributed by atoms with E-state index in [0.717, 1.165) is 18.7 Å². The number of hydrogen-bond acceptors (Lipinski definition) is 1. The lowest BCUT2D eigenvalue weighted by molar-refractivity contribution is 0.815. The zero-order valence-corrected chi connectivity index (χ0v) is 9.90. The number of nitrogens with zero attached hydrogens (tertiary/aromatic N) is 1. The second kappa shape index (κ2) is 4.97. The topological polar surface area (TPSA) is 28.1 Å². The molecular weight excluding hydrogens is 196 g/mol. The first-order chi connectivity index (χ1) is 7.79. The van der Waals surface area contributed by atoms with Crippen LogP contribution in [-0.2, 0) is 0 Å². The summed E-state index contributed by atoms with van der Waals surface area (Å²) in [6.45, 7) is 5.02. The molecule has 0 saturated carbocycles. The molecule has 84 valence electrons. The predicted octanol–water partition coefficient (Wildman–Crippen LogP) is 3.44. The lowest BCUT2D eigenvalue weighted by atomic mass is 9.94. The Morgan fingerprint density at radius 1 is 1.50 bits per heavy atom. The van der Waals surface area contributed by atoms with Crippen molar-refractivity contribution in [3.63, 3.8) is 0 Å². The van der Waals surface area contributed by atoms with Crippen LogP contribution >= 0.6 is 0 Å². The Morgan fingerprint density at radius 3 is 3.12 bits per heavy atom. The molecule has 1 heterocycles. The fraction of sp³-hybridized carbons (Fsp3) is 0.357. The molecule has 1 aliphatic rings. The van der Waals surface area contributed by atoms with E-state index in [1.54, 1.807) is 0 Å². The second-order valence-electron chi connectivity index (χ2n) is 4.15. The number of allylic oxidation sites excluding steroid dienone is 4. The minimum absolute atomic E-state index is 0.494. The highest BCUT2D eigenvalue weighted by molar-refractivity contribution is 5.77. The van der Waals surface area contributed by atoms with Gasteiger partial charge in [0.05, 0.1) is 5.69 Å². The van der Waals surface area contributed by atoms with Crippen LogP contribution < -0.4 is 0 Å². The number of aliphatic imine (C=N–C) groups is 1. The molecule has 2 rings (SSSR count). The molecule has 0 bridgehead atoms. The van der Waals surface area contributed by atoms with Crippen molar-refractivity contribution < 1.29 is 0 Å². The first kappa shape index (κ1) is 10.9. The summed E-state index contributed by atoms with van der Waals surface area (Å²) in [7, 11) is 0. The molecule has 1 N–H and O–H groups in total. The Bertz CT molecular complexity index is 435. The van der Waals surface area contributed by atoms with E-state index >= 15 is 0 Å². The number of H-pyrrole nitrogens is 1. The molecule has 0 aromatic carbocycles. The first-order valence-corrected chi connectivity index (χ1v) is 5.83. The van der Waals surface area contributed by atoms with Crippen LogP contribution in [0.25, 0.3) is 0 Å². The van der Waals surface area contributed by atoms with E-state index in [1.165, 1.54) is 11.3 Å². The van der Waals surface area contributed by atoms with Gasteiger partial charge in [0.15, 0.2) is 0 Å². The second-order valence-corrected chi connectivity index (χ2v) is 4.15. The fourth-order valence-corrected chi connectivity index (χ4v) is 1.97. The summed E-state index contributed by atoms with van der Waals surface area (Å²) >= 11 is 0. The summed E-state index contributed by atoms with van der Waals surface area (Å²) in [5, 5.41) is 0. The highest BCUT2D eigenvalue weighted by Gasteiger charge is 2.11. The molecule has 0 aliphatic heterocycles. The van der Waals surface area contributed by atoms with Crippen LogP contribution in [0.1, 0.15) is 37.6 Å². The largest absolute Gasteiger partial charge is 0.357 e. The maximum absolute atomic E-state index is 4.23. The highest BCUT2D eigenvalue weighted by atomic mass is 14.8. The zero-order valence-electron chi connectivity index (χ0n) is 9.90. The molecule has 2 heteroatoms. The third-order valence-electron chi connectivity index (χ3n) is 2.78. The van der Waals surface area contributed by atoms with Crippen molar-refractivity contribution in [2.24, 2.45) is 4.99 Å². The summed E-state index contributed by atoms with van der Waals surface area (Å²) in [5.41, 5.74) is 3.72. The van der Waals surface area contributed by atoms with E-state index in [-0.39, 0.29) is 0 Å². The summed E-state index contributed by atoms with van der Waals surface area (Å²) in [6.07, 6.45) is 9.72. The SMILES string of the molecule is CC/N=C\c1ccc(C2C=C(C)C=CC2)[nH]1. The average molecular weight is 214 g/mol. The molecule has 1 aromatic heterocycles. The van der Waals surface area contributed by atoms with E-state index < -0.39 is 0 Å². The van der Waals surface area contributed by atoms with Crippen LogP contribution in [0.3, 0.4) is 0 Å². The van der Waals surface area contributed by atoms with Gasteiger partial charge in [0.2, 0.25) is 0 Å². The average Bonchev–Trinajstić information content (AvgIpc) is 2.75. The molecule has 2 nitrogen and oxygen atoms in total. The minimum Gasteiger partial charge on any atom is -0.357 e. The van der Waals surface area contributed by atoms with E-state index in [0.29, 0.717) is 5.92 Å². The maximum Gasteiger partial charge on any atom is 0.0564 e. The fourth-order valence-electron chi connectivity index (χ4n) is 1.97. The van der Waals surface area contributed by atoms with Gasteiger partial charge >= 0.3 is 0 Å². The number of rotatable bonds is 3. The van der Waals surface area contributed by atoms with Gasteiger partial charge in [-0.05, 0) is 32.4 Å². The van der Waals surface area contributed by atoms with Crippen molar-refractivity contribution in [1.82, 2.24) is 4.98 Å². The Kier molecular flexibility index (Phi) is 3.40. The van der Waals surface area contributed by atoms with Crippen LogP contribution in [0.4, 0.5) is 0 Å². The van der Waals surface area contributed by atoms with Crippen molar-refractivity contribution in [2.45, 2.75) is 26.2 Å². The summed E-state index contributed by atoms with van der Waals surface area (Å²) in [5.74, 6) is 0.494. The number of nitrogens with one attached hydrogen (secondary N) is 1. The van der Waals surface area contributed by atoms with E-state index in [9.17, 15) is 0 Å². The van der Waals surface area contributed by atoms with Gasteiger partial charge < -0.3 is 4.98 Å². The van der Waals surface area contributed by atoms with Crippen molar-refractivity contribution in [3.05, 3.63) is 47.3 Å². The first-order valence-electron chi connectivity index (χ1n) is 5.83. The molecule has 0 amide bonds. The van der Waals surface area contributed by atoms with Crippen molar-refractivity contribution in [2.75, 3.05) is 6.54 Å². The summed E-state index contributed by atoms with van der Waals surface area (Å²) in [6, 6.07) is 4.25. The molecular formula is C14H18N2. The lowest BCUT2D eigenvalue weighted by Gasteiger charge is -2.13. The third-order valence-corrected chi connectivity index (χ3v) is 2.78. The lowest BCUT2D eigenvalue weighted by Crippen LogP contribution is -1.99. The Balaban J connectivity index is 2.13. The molecule has 1 aromatic rings. The standard InChI is InChI=1S/C14H18N2/c1-3-15-10-13-7-8-14(16-13)12-6-4-5-11(2)9-12/h4-5,7-10,12,16H,3,6H2,1-2H3/b15-10-. The molecule has 1 aliphatic carbocycles. The van der Waals surface area contributed by atoms with Crippen LogP contribution in [-0.4, -0.2) is 17.7 Å². The molecule has 1 unspecified atom stereocenters. The summed E-state index contributed by atoms with van der Waals surface area (Å²) in [4.78, 5) is 7.64. The monoisotopic (exact) mass is 214 g/mol. The van der Waals surface area contributed by atoms with Gasteiger partial charge in [-0.15, -0.1) is 0 Å². The number of hydrogen-bond donors (Lipinski definition) is 1. The predicted molar refractivity (Wildman–Crippen MR) is 69.2 cm³/mol. The molecule has 16 heavy (non-hydrogen) atoms. The van der Waals surface area contributed by atoms with Crippen LogP contribution in [0.2, 0.25) is 0 Å². The van der Waals surface area contributed by atoms with Gasteiger partial charge in [0, 0.05) is 24.4 Å². The van der Waals surface area contributed by atoms with E-state index in [4.69, 9.17) is 0 Å². The molecule has 0 saturated heterocycles. The normalized spacial score (nSPS) is 20.4. The molecule has 1 atom stereocenters. The third kappa shape index (κ3) is 2.51. The minimum atomic E-state index is 0.494. The zero-order chi connectivity index (χ0) is 11.4. The summed E-state index contributed by atoms with van der Waals surface area (Å²) < 4.78 is 0. The van der Waals surface area contributed by atoms with Crippen LogP contribution in [0.5, 0.6) is 0 Å².